The maximum atomic E-state index is 12.7. The average Bonchev–Trinajstić information content (AvgIpc) is 3.81. The number of nitrogens with one attached hydrogen (secondary N) is 2. The third-order valence-corrected chi connectivity index (χ3v) is 14.6. The van der Waals surface area contributed by atoms with Gasteiger partial charge < -0.3 is 50.9 Å². The lowest BCUT2D eigenvalue weighted by atomic mass is 9.87. The Bertz CT molecular complexity index is 1960. The number of anilines is 1. The van der Waals surface area contributed by atoms with E-state index in [-0.39, 0.29) is 35.9 Å². The molecule has 0 bridgehead atoms. The highest BCUT2D eigenvalue weighted by Crippen LogP contribution is 2.61. The second kappa shape index (κ2) is 29.0. The third-order valence-electron chi connectivity index (χ3n) is 10.4. The number of phosphoric acid groups is 3. The molecule has 378 valence electrons. The lowest BCUT2D eigenvalue weighted by Gasteiger charge is -2.30. The minimum absolute atomic E-state index is 0.0324. The minimum atomic E-state index is -5.56. The predicted molar refractivity (Wildman–Crippen MR) is 246 cm³/mol. The first-order chi connectivity index (χ1) is 31.2. The van der Waals surface area contributed by atoms with Crippen molar-refractivity contribution in [3.05, 3.63) is 24.8 Å². The molecule has 1 aliphatic rings. The van der Waals surface area contributed by atoms with Gasteiger partial charge in [-0.2, -0.15) is 16.1 Å². The Kier molecular flexibility index (Phi) is 25.4. The van der Waals surface area contributed by atoms with E-state index >= 15 is 0 Å². The maximum Gasteiger partial charge on any atom is 0.481 e. The summed E-state index contributed by atoms with van der Waals surface area (Å²) in [6.45, 7) is 3.21. The molecule has 66 heavy (non-hydrogen) atoms. The van der Waals surface area contributed by atoms with Crippen LogP contribution in [0.3, 0.4) is 0 Å². The van der Waals surface area contributed by atoms with Crippen molar-refractivity contribution in [2.45, 2.75) is 148 Å². The van der Waals surface area contributed by atoms with Gasteiger partial charge in [0.1, 0.15) is 36.3 Å². The number of carbonyl (C=O) groups is 2. The lowest BCUT2D eigenvalue weighted by molar-refractivity contribution is -0.137. The summed E-state index contributed by atoms with van der Waals surface area (Å²) in [6, 6.07) is 0. The zero-order valence-electron chi connectivity index (χ0n) is 37.9. The number of unbranched alkanes of at least 4 members (excludes halogenated alkanes) is 12. The Morgan fingerprint density at radius 1 is 0.894 bits per heavy atom. The second-order valence-corrected chi connectivity index (χ2v) is 22.1. The lowest BCUT2D eigenvalue weighted by Crippen LogP contribution is -2.46. The number of amides is 2. The molecule has 7 atom stereocenters. The minimum Gasteiger partial charge on any atom is -0.386 e. The van der Waals surface area contributed by atoms with E-state index in [4.69, 9.17) is 19.5 Å². The summed E-state index contributed by atoms with van der Waals surface area (Å²) in [5.74, 6) is 0.509. The zero-order valence-corrected chi connectivity index (χ0v) is 41.4. The highest BCUT2D eigenvalue weighted by molar-refractivity contribution is 7.99. The van der Waals surface area contributed by atoms with Gasteiger partial charge in [-0.1, -0.05) is 90.7 Å². The molecule has 0 aliphatic carbocycles. The van der Waals surface area contributed by atoms with Crippen molar-refractivity contribution in [2.75, 3.05) is 43.5 Å². The normalized spacial score (nSPS) is 20.4. The smallest absolute Gasteiger partial charge is 0.386 e. The fraction of sp³-hybridized carbons (Fsp3) is 0.769. The molecule has 2 aromatic rings. The molecule has 3 rings (SSSR count). The molecule has 0 aromatic carbocycles. The summed E-state index contributed by atoms with van der Waals surface area (Å²) in [5, 5.41) is 26.8. The van der Waals surface area contributed by atoms with E-state index in [9.17, 15) is 53.1 Å². The van der Waals surface area contributed by atoms with Gasteiger partial charge in [-0.3, -0.25) is 27.7 Å². The van der Waals surface area contributed by atoms with Crippen LogP contribution in [-0.4, -0.2) is 123 Å². The van der Waals surface area contributed by atoms with Gasteiger partial charge in [0.05, 0.1) is 19.5 Å². The molecule has 27 heteroatoms. The predicted octanol–water partition coefficient (Wildman–Crippen LogP) is 5.18. The molecule has 23 nitrogen and oxygen atoms in total. The van der Waals surface area contributed by atoms with Crippen LogP contribution in [0.15, 0.2) is 24.8 Å². The number of aliphatic hydroxyl groups excluding tert-OH is 2. The fourth-order valence-corrected chi connectivity index (χ4v) is 10.4. The SMILES string of the molecule is CCCCCCCC/C=C\CCCCCCCCSCCNC(=O)CCNC(=O)[C@H](O)C(C)(C)COP(=O)(O)OP(=O)(O)OC[C@H]1O[C@@H](n2cnc3c(N)ncnc32)[C@@H](O)C1OP(=O)(O)O. The molecule has 0 radical (unpaired) electrons. The Balaban J connectivity index is 1.29. The summed E-state index contributed by atoms with van der Waals surface area (Å²) in [6.07, 6.45) is 15.6. The second-order valence-electron chi connectivity index (χ2n) is 16.6. The number of phosphoric ester groups is 3. The summed E-state index contributed by atoms with van der Waals surface area (Å²) in [7, 11) is -16.4. The number of nitrogens with zero attached hydrogens (tertiary/aromatic N) is 4. The average molecular weight is 1020 g/mol. The van der Waals surface area contributed by atoms with E-state index in [0.29, 0.717) is 6.54 Å². The number of ether oxygens (including phenoxy) is 1. The summed E-state index contributed by atoms with van der Waals surface area (Å²) in [5.41, 5.74) is 4.34. The number of nitrogens with two attached hydrogens (primary N) is 1. The molecule has 3 unspecified atom stereocenters. The van der Waals surface area contributed by atoms with Crippen LogP contribution >= 0.6 is 35.2 Å². The molecule has 0 spiro atoms. The van der Waals surface area contributed by atoms with Gasteiger partial charge in [-0.25, -0.2) is 28.6 Å². The number of carbonyl (C=O) groups excluding carboxylic acids is 2. The first kappa shape index (κ1) is 57.9. The zero-order chi connectivity index (χ0) is 48.8. The molecule has 0 saturated carbocycles. The van der Waals surface area contributed by atoms with Gasteiger partial charge in [0.2, 0.25) is 11.8 Å². The number of aliphatic hydroxyl groups is 2. The number of nitrogen functional groups attached to an aromatic ring is 1. The van der Waals surface area contributed by atoms with Gasteiger partial charge in [0, 0.05) is 30.7 Å². The van der Waals surface area contributed by atoms with Crippen LogP contribution in [0.25, 0.3) is 11.2 Å². The van der Waals surface area contributed by atoms with Gasteiger partial charge in [0.15, 0.2) is 17.7 Å². The number of aromatic nitrogens is 4. The van der Waals surface area contributed by atoms with Gasteiger partial charge >= 0.3 is 23.5 Å². The van der Waals surface area contributed by atoms with Gasteiger partial charge in [-0.15, -0.1) is 0 Å². The maximum absolute atomic E-state index is 12.7. The standard InChI is InChI=1S/C39H70N7O16P3S/c1-4-5-6-7-8-9-10-11-12-13-14-15-16-17-18-19-23-66-24-22-41-30(47)20-21-42-37(50)34(49)39(2,3)26-59-65(56,57)62-64(54,55)58-25-29-33(61-63(51,52)53)32(48)38(60-29)46-28-45-31-35(40)43-27-44-36(31)46/h11-12,27-29,32-34,38,48-49H,4-10,13-26H2,1-3H3,(H,41,47)(H,42,50)(H,54,55)(H,56,57)(H2,40,43,44)(H2,51,52,53)/b12-11-/t29-,32+,33?,34+,38-/m1/s1. The summed E-state index contributed by atoms with van der Waals surface area (Å²) in [4.78, 5) is 76.1. The number of rotatable bonds is 35. The summed E-state index contributed by atoms with van der Waals surface area (Å²) < 4.78 is 62.5. The molecule has 1 saturated heterocycles. The molecule has 10 N–H and O–H groups in total. The number of allylic oxidation sites excluding steroid dienone is 2. The highest BCUT2D eigenvalue weighted by Gasteiger charge is 2.50. The van der Waals surface area contributed by atoms with Crippen molar-refractivity contribution in [1.29, 1.82) is 0 Å². The molecule has 3 heterocycles. The highest BCUT2D eigenvalue weighted by atomic mass is 32.2. The molecule has 1 aliphatic heterocycles. The third kappa shape index (κ3) is 21.5. The van der Waals surface area contributed by atoms with Crippen LogP contribution in [0.2, 0.25) is 0 Å². The Hall–Kier alpha value is -2.37. The van der Waals surface area contributed by atoms with Crippen LogP contribution in [0, 0.1) is 5.41 Å². The first-order valence-corrected chi connectivity index (χ1v) is 28.0. The summed E-state index contributed by atoms with van der Waals surface area (Å²) >= 11 is 1.76. The molecular formula is C39H70N7O16P3S. The topological polar surface area (TPSA) is 347 Å². The van der Waals surface area contributed by atoms with Crippen molar-refractivity contribution in [2.24, 2.45) is 5.41 Å². The van der Waals surface area contributed by atoms with E-state index in [1.54, 1.807) is 11.8 Å². The number of hydrogen-bond donors (Lipinski definition) is 9. The fourth-order valence-electron chi connectivity index (χ4n) is 6.76. The van der Waals surface area contributed by atoms with E-state index in [2.05, 4.69) is 53.5 Å². The van der Waals surface area contributed by atoms with E-state index in [1.807, 2.05) is 0 Å². The number of hydrogen-bond acceptors (Lipinski definition) is 17. The Morgan fingerprint density at radius 3 is 2.17 bits per heavy atom. The van der Waals surface area contributed by atoms with Crippen LogP contribution in [0.5, 0.6) is 0 Å². The quantitative estimate of drug-likeness (QED) is 0.0244. The van der Waals surface area contributed by atoms with Crippen LogP contribution in [0.1, 0.15) is 123 Å². The van der Waals surface area contributed by atoms with E-state index in [1.165, 1.54) is 90.9 Å². The molecular weight excluding hydrogens is 947 g/mol. The Labute approximate surface area is 390 Å². The van der Waals surface area contributed by atoms with Crippen molar-refractivity contribution in [3.63, 3.8) is 0 Å². The van der Waals surface area contributed by atoms with Crippen molar-refractivity contribution in [3.8, 4) is 0 Å². The van der Waals surface area contributed by atoms with E-state index in [0.717, 1.165) is 41.6 Å². The van der Waals surface area contributed by atoms with Crippen LogP contribution in [0.4, 0.5) is 5.82 Å². The first-order valence-electron chi connectivity index (χ1n) is 22.3. The van der Waals surface area contributed by atoms with Crippen molar-refractivity contribution in [1.82, 2.24) is 30.2 Å². The largest absolute Gasteiger partial charge is 0.481 e. The van der Waals surface area contributed by atoms with Crippen LogP contribution < -0.4 is 16.4 Å². The molecule has 1 fully saturated rings. The monoisotopic (exact) mass is 1020 g/mol. The van der Waals surface area contributed by atoms with Gasteiger partial charge in [-0.05, 0) is 37.9 Å². The Morgan fingerprint density at radius 2 is 1.52 bits per heavy atom. The van der Waals surface area contributed by atoms with Crippen molar-refractivity contribution >= 4 is 64.0 Å². The van der Waals surface area contributed by atoms with Crippen LogP contribution in [-0.2, 0) is 45.9 Å². The molecule has 2 aromatic heterocycles. The number of thioether (sulfide) groups is 1. The number of imidazole rings is 1. The molecule has 2 amide bonds. The van der Waals surface area contributed by atoms with E-state index < -0.39 is 78.6 Å². The number of fused-ring (bicyclic) bond motifs is 1. The van der Waals surface area contributed by atoms with Crippen molar-refractivity contribution < 1.29 is 75.7 Å². The van der Waals surface area contributed by atoms with Gasteiger partial charge in [0.25, 0.3) is 0 Å².